The van der Waals surface area contributed by atoms with Gasteiger partial charge in [-0.1, -0.05) is 18.1 Å². The third kappa shape index (κ3) is 3.88. The number of phenolic OH excluding ortho intramolecular Hbond substituents is 1. The predicted octanol–water partition coefficient (Wildman–Crippen LogP) is 4.77. The lowest BCUT2D eigenvalue weighted by atomic mass is 9.92. The molecule has 0 atom stereocenters. The van der Waals surface area contributed by atoms with Crippen LogP contribution >= 0.6 is 0 Å². The molecule has 4 aromatic rings. The summed E-state index contributed by atoms with van der Waals surface area (Å²) in [6.45, 7) is 2.86. The zero-order valence-corrected chi connectivity index (χ0v) is 19.3. The molecule has 1 aromatic heterocycles. The van der Waals surface area contributed by atoms with Crippen LogP contribution in [0.4, 0.5) is 14.6 Å². The van der Waals surface area contributed by atoms with Gasteiger partial charge in [0, 0.05) is 29.4 Å². The number of hydrogen-bond donors (Lipinski definition) is 2. The molecule has 1 aliphatic rings. The molecule has 0 aliphatic carbocycles. The number of aromatic hydroxyl groups is 1. The Balaban J connectivity index is 1.75. The number of benzene rings is 3. The van der Waals surface area contributed by atoms with Crippen molar-refractivity contribution in [1.29, 1.82) is 0 Å². The molecule has 0 amide bonds. The van der Waals surface area contributed by atoms with Crippen LogP contribution in [0.3, 0.4) is 0 Å². The van der Waals surface area contributed by atoms with Crippen molar-refractivity contribution in [3.8, 4) is 35.2 Å². The Labute approximate surface area is 200 Å². The molecule has 1 fully saturated rings. The highest BCUT2D eigenvalue weighted by Crippen LogP contribution is 2.40. The monoisotopic (exact) mass is 475 g/mol. The predicted molar refractivity (Wildman–Crippen MR) is 131 cm³/mol. The zero-order valence-electron chi connectivity index (χ0n) is 19.3. The SMILES string of the molecule is C#Cc1c(F)ccc2cc(O)cc(-c3ccc4c(N5CCC(C)(O)CC5)nc(OC)nc4c3F)c12. The summed E-state index contributed by atoms with van der Waals surface area (Å²) in [6.07, 6.45) is 6.66. The van der Waals surface area contributed by atoms with E-state index in [1.807, 2.05) is 4.90 Å². The highest BCUT2D eigenvalue weighted by Gasteiger charge is 2.30. The van der Waals surface area contributed by atoms with Gasteiger partial charge in [-0.2, -0.15) is 9.97 Å². The van der Waals surface area contributed by atoms with Crippen molar-refractivity contribution in [1.82, 2.24) is 9.97 Å². The van der Waals surface area contributed by atoms with Gasteiger partial charge in [0.25, 0.3) is 0 Å². The number of piperidine rings is 1. The van der Waals surface area contributed by atoms with E-state index in [1.165, 1.54) is 31.4 Å². The van der Waals surface area contributed by atoms with Gasteiger partial charge < -0.3 is 19.8 Å². The maximum absolute atomic E-state index is 16.1. The number of phenols is 1. The van der Waals surface area contributed by atoms with Crippen LogP contribution in [-0.2, 0) is 0 Å². The number of nitrogens with zero attached hydrogens (tertiary/aromatic N) is 3. The van der Waals surface area contributed by atoms with E-state index < -0.39 is 17.2 Å². The molecular formula is C27H23F2N3O3. The molecule has 3 aromatic carbocycles. The van der Waals surface area contributed by atoms with E-state index in [0.29, 0.717) is 47.9 Å². The molecule has 0 bridgehead atoms. The normalized spacial score (nSPS) is 15.4. The lowest BCUT2D eigenvalue weighted by Gasteiger charge is -2.36. The number of rotatable bonds is 3. The van der Waals surface area contributed by atoms with Gasteiger partial charge in [0.1, 0.15) is 22.9 Å². The fraction of sp³-hybridized carbons (Fsp3) is 0.259. The fourth-order valence-corrected chi connectivity index (χ4v) is 4.64. The van der Waals surface area contributed by atoms with Crippen LogP contribution in [-0.4, -0.2) is 46.0 Å². The third-order valence-corrected chi connectivity index (χ3v) is 6.57. The van der Waals surface area contributed by atoms with Crippen LogP contribution in [0.25, 0.3) is 32.8 Å². The van der Waals surface area contributed by atoms with Crippen molar-refractivity contribution in [3.63, 3.8) is 0 Å². The van der Waals surface area contributed by atoms with Gasteiger partial charge in [-0.15, -0.1) is 6.42 Å². The number of halogens is 2. The molecule has 0 spiro atoms. The van der Waals surface area contributed by atoms with E-state index in [4.69, 9.17) is 11.2 Å². The molecule has 178 valence electrons. The van der Waals surface area contributed by atoms with Crippen LogP contribution < -0.4 is 9.64 Å². The molecular weight excluding hydrogens is 452 g/mol. The summed E-state index contributed by atoms with van der Waals surface area (Å²) < 4.78 is 35.9. The first-order chi connectivity index (χ1) is 16.7. The molecule has 0 saturated carbocycles. The maximum Gasteiger partial charge on any atom is 0.318 e. The van der Waals surface area contributed by atoms with Crippen molar-refractivity contribution in [3.05, 3.63) is 53.6 Å². The van der Waals surface area contributed by atoms with Crippen molar-refractivity contribution in [2.24, 2.45) is 0 Å². The van der Waals surface area contributed by atoms with Crippen molar-refractivity contribution in [2.45, 2.75) is 25.4 Å². The van der Waals surface area contributed by atoms with Crippen LogP contribution in [0.5, 0.6) is 11.8 Å². The minimum absolute atomic E-state index is 0.00277. The summed E-state index contributed by atoms with van der Waals surface area (Å²) in [4.78, 5) is 10.7. The first-order valence-electron chi connectivity index (χ1n) is 11.2. The van der Waals surface area contributed by atoms with Gasteiger partial charge in [0.2, 0.25) is 0 Å². The van der Waals surface area contributed by atoms with E-state index in [-0.39, 0.29) is 34.0 Å². The highest BCUT2D eigenvalue weighted by molar-refractivity contribution is 6.04. The Morgan fingerprint density at radius 2 is 1.83 bits per heavy atom. The number of methoxy groups -OCH3 is 1. The summed E-state index contributed by atoms with van der Waals surface area (Å²) in [6, 6.07) is 8.76. The van der Waals surface area contributed by atoms with E-state index >= 15 is 4.39 Å². The lowest BCUT2D eigenvalue weighted by molar-refractivity contribution is 0.0350. The Bertz CT molecular complexity index is 1520. The van der Waals surface area contributed by atoms with Crippen molar-refractivity contribution in [2.75, 3.05) is 25.1 Å². The van der Waals surface area contributed by atoms with Gasteiger partial charge in [-0.05, 0) is 55.0 Å². The summed E-state index contributed by atoms with van der Waals surface area (Å²) in [5.74, 6) is 1.46. The second-order valence-corrected chi connectivity index (χ2v) is 9.00. The quantitative estimate of drug-likeness (QED) is 0.416. The average Bonchev–Trinajstić information content (AvgIpc) is 2.83. The second kappa shape index (κ2) is 8.36. The third-order valence-electron chi connectivity index (χ3n) is 6.57. The van der Waals surface area contributed by atoms with E-state index in [9.17, 15) is 14.6 Å². The summed E-state index contributed by atoms with van der Waals surface area (Å²) in [7, 11) is 1.40. The summed E-state index contributed by atoms with van der Waals surface area (Å²) >= 11 is 0. The minimum atomic E-state index is -0.762. The van der Waals surface area contributed by atoms with Crippen LogP contribution in [0.15, 0.2) is 36.4 Å². The van der Waals surface area contributed by atoms with Crippen LogP contribution in [0.2, 0.25) is 0 Å². The van der Waals surface area contributed by atoms with Gasteiger partial charge >= 0.3 is 6.01 Å². The minimum Gasteiger partial charge on any atom is -0.508 e. The molecule has 2 N–H and O–H groups in total. The smallest absolute Gasteiger partial charge is 0.318 e. The molecule has 35 heavy (non-hydrogen) atoms. The van der Waals surface area contributed by atoms with Crippen LogP contribution in [0.1, 0.15) is 25.3 Å². The molecule has 1 saturated heterocycles. The molecule has 1 aliphatic heterocycles. The Morgan fingerprint density at radius 1 is 1.09 bits per heavy atom. The second-order valence-electron chi connectivity index (χ2n) is 9.00. The van der Waals surface area contributed by atoms with Gasteiger partial charge in [-0.25, -0.2) is 8.78 Å². The van der Waals surface area contributed by atoms with Crippen molar-refractivity contribution < 1.29 is 23.7 Å². The van der Waals surface area contributed by atoms with Gasteiger partial charge in [-0.3, -0.25) is 0 Å². The maximum atomic E-state index is 16.1. The first-order valence-corrected chi connectivity index (χ1v) is 11.2. The average molecular weight is 475 g/mol. The lowest BCUT2D eigenvalue weighted by Crippen LogP contribution is -2.42. The summed E-state index contributed by atoms with van der Waals surface area (Å²) in [5, 5.41) is 21.9. The topological polar surface area (TPSA) is 78.7 Å². The number of aliphatic hydroxyl groups is 1. The Morgan fingerprint density at radius 3 is 2.51 bits per heavy atom. The number of hydrogen-bond acceptors (Lipinski definition) is 6. The molecule has 0 radical (unpaired) electrons. The molecule has 6 nitrogen and oxygen atoms in total. The summed E-state index contributed by atoms with van der Waals surface area (Å²) in [5.41, 5.74) is -0.397. The Hall–Kier alpha value is -3.96. The van der Waals surface area contributed by atoms with Gasteiger partial charge in [0.15, 0.2) is 5.82 Å². The number of ether oxygens (including phenoxy) is 1. The number of anilines is 1. The largest absolute Gasteiger partial charge is 0.508 e. The number of terminal acetylenes is 1. The molecule has 5 rings (SSSR count). The molecule has 2 heterocycles. The van der Waals surface area contributed by atoms with Crippen molar-refractivity contribution >= 4 is 27.5 Å². The highest BCUT2D eigenvalue weighted by atomic mass is 19.1. The zero-order chi connectivity index (χ0) is 24.9. The Kier molecular flexibility index (Phi) is 5.45. The van der Waals surface area contributed by atoms with Crippen LogP contribution in [0, 0.1) is 24.0 Å². The standard InChI is InChI=1S/C27H23F2N3O3/c1-4-17-21(28)8-5-15-13-16(33)14-20(22(15)17)18-6-7-19-24(23(18)29)30-26(35-3)31-25(19)32-11-9-27(2,34)10-12-32/h1,5-8,13-14,33-34H,9-12H2,2-3H3. The number of aromatic nitrogens is 2. The fourth-order valence-electron chi connectivity index (χ4n) is 4.64. The van der Waals surface area contributed by atoms with Gasteiger partial charge in [0.05, 0.1) is 18.3 Å². The molecule has 0 unspecified atom stereocenters. The number of fused-ring (bicyclic) bond motifs is 2. The van der Waals surface area contributed by atoms with E-state index in [0.717, 1.165) is 0 Å². The van der Waals surface area contributed by atoms with E-state index in [2.05, 4.69) is 15.9 Å². The van der Waals surface area contributed by atoms with E-state index in [1.54, 1.807) is 19.1 Å². The molecule has 8 heteroatoms. The first kappa shape index (κ1) is 22.8.